The van der Waals surface area contributed by atoms with E-state index in [0.717, 1.165) is 24.5 Å². The number of nitrogens with two attached hydrogens (primary N) is 1. The highest BCUT2D eigenvalue weighted by Gasteiger charge is 2.06. The predicted octanol–water partition coefficient (Wildman–Crippen LogP) is 2.71. The quantitative estimate of drug-likeness (QED) is 0.217. The van der Waals surface area contributed by atoms with Crippen LogP contribution < -0.4 is 21.7 Å². The second-order valence-corrected chi connectivity index (χ2v) is 7.17. The average Bonchev–Trinajstić information content (AvgIpc) is 2.73. The molecule has 7 nitrogen and oxygen atoms in total. The zero-order chi connectivity index (χ0) is 21.3. The molecule has 1 aromatic carbocycles. The van der Waals surface area contributed by atoms with Crippen molar-refractivity contribution in [1.29, 1.82) is 0 Å². The maximum Gasteiger partial charge on any atom is 0.251 e. The van der Waals surface area contributed by atoms with Crippen LogP contribution in [0.5, 0.6) is 0 Å². The third-order valence-electron chi connectivity index (χ3n) is 4.65. The number of benzene rings is 1. The highest BCUT2D eigenvalue weighted by atomic mass is 16.2. The number of aliphatic imine (C=N–C) groups is 1. The topological polar surface area (TPSA) is 109 Å². The Morgan fingerprint density at radius 3 is 2.10 bits per heavy atom. The number of carbonyl (C=O) groups excluding carboxylic acids is 2. The highest BCUT2D eigenvalue weighted by Crippen LogP contribution is 2.08. The molecule has 0 aliphatic heterocycles. The number of carbonyl (C=O) groups is 2. The molecular formula is C22H37N5O2. The summed E-state index contributed by atoms with van der Waals surface area (Å²) in [5.74, 6) is -0.104. The van der Waals surface area contributed by atoms with Crippen LogP contribution in [0.15, 0.2) is 29.3 Å². The van der Waals surface area contributed by atoms with E-state index >= 15 is 0 Å². The van der Waals surface area contributed by atoms with Crippen LogP contribution in [0.25, 0.3) is 0 Å². The lowest BCUT2D eigenvalue weighted by molar-refractivity contribution is -0.117. The largest absolute Gasteiger partial charge is 0.368 e. The molecule has 7 heteroatoms. The molecule has 162 valence electrons. The monoisotopic (exact) mass is 403 g/mol. The maximum absolute atomic E-state index is 11.9. The van der Waals surface area contributed by atoms with Gasteiger partial charge in [0.05, 0.1) is 6.54 Å². The molecule has 29 heavy (non-hydrogen) atoms. The number of hydrogen-bond donors (Lipinski definition) is 4. The van der Waals surface area contributed by atoms with E-state index in [0.29, 0.717) is 12.1 Å². The first-order valence-corrected chi connectivity index (χ1v) is 10.7. The van der Waals surface area contributed by atoms with Gasteiger partial charge in [0, 0.05) is 25.7 Å². The second kappa shape index (κ2) is 15.4. The Bertz CT molecular complexity index is 629. The number of primary amides is 1. The number of nitrogens with zero attached hydrogens (tertiary/aromatic N) is 1. The predicted molar refractivity (Wildman–Crippen MR) is 119 cm³/mol. The van der Waals surface area contributed by atoms with Crippen LogP contribution in [0.2, 0.25) is 0 Å². The van der Waals surface area contributed by atoms with Gasteiger partial charge in [-0.3, -0.25) is 14.6 Å². The molecule has 0 saturated carbocycles. The molecule has 5 N–H and O–H groups in total. The summed E-state index contributed by atoms with van der Waals surface area (Å²) in [5, 5.41) is 9.08. The van der Waals surface area contributed by atoms with Crippen molar-refractivity contribution in [2.24, 2.45) is 10.7 Å². The first-order chi connectivity index (χ1) is 14.1. The second-order valence-electron chi connectivity index (χ2n) is 7.17. The molecule has 0 aromatic heterocycles. The summed E-state index contributed by atoms with van der Waals surface area (Å²) in [6.07, 6.45) is 10.4. The minimum atomic E-state index is -0.565. The molecule has 0 heterocycles. The van der Waals surface area contributed by atoms with Gasteiger partial charge in [-0.05, 0) is 24.1 Å². The van der Waals surface area contributed by atoms with Gasteiger partial charge in [-0.25, -0.2) is 0 Å². The zero-order valence-corrected chi connectivity index (χ0v) is 17.9. The molecule has 0 aliphatic carbocycles. The van der Waals surface area contributed by atoms with Crippen LogP contribution in [0.1, 0.15) is 74.2 Å². The van der Waals surface area contributed by atoms with Crippen LogP contribution >= 0.6 is 0 Å². The average molecular weight is 404 g/mol. The van der Waals surface area contributed by atoms with Crippen molar-refractivity contribution < 1.29 is 9.59 Å². The Morgan fingerprint density at radius 2 is 1.52 bits per heavy atom. The van der Waals surface area contributed by atoms with E-state index in [1.54, 1.807) is 19.2 Å². The van der Waals surface area contributed by atoms with E-state index in [4.69, 9.17) is 5.73 Å². The summed E-state index contributed by atoms with van der Waals surface area (Å²) in [5.41, 5.74) is 6.55. The minimum Gasteiger partial charge on any atom is -0.368 e. The fourth-order valence-corrected chi connectivity index (χ4v) is 2.92. The number of guanidine groups is 1. The van der Waals surface area contributed by atoms with Crippen LogP contribution in [0.3, 0.4) is 0 Å². The van der Waals surface area contributed by atoms with E-state index in [1.807, 2.05) is 12.1 Å². The Kier molecular flexibility index (Phi) is 13.0. The fraction of sp³-hybridized carbons (Fsp3) is 0.591. The summed E-state index contributed by atoms with van der Waals surface area (Å²) in [6.45, 7) is 3.60. The highest BCUT2D eigenvalue weighted by molar-refractivity contribution is 5.96. The van der Waals surface area contributed by atoms with E-state index < -0.39 is 5.91 Å². The summed E-state index contributed by atoms with van der Waals surface area (Å²) in [6, 6.07) is 7.20. The van der Waals surface area contributed by atoms with Gasteiger partial charge >= 0.3 is 0 Å². The van der Waals surface area contributed by atoms with Crippen LogP contribution in [-0.4, -0.2) is 37.9 Å². The van der Waals surface area contributed by atoms with E-state index in [-0.39, 0.29) is 12.5 Å². The lowest BCUT2D eigenvalue weighted by atomic mass is 10.1. The maximum atomic E-state index is 11.9. The summed E-state index contributed by atoms with van der Waals surface area (Å²) in [4.78, 5) is 26.8. The van der Waals surface area contributed by atoms with E-state index in [1.165, 1.54) is 44.9 Å². The molecule has 0 bridgehead atoms. The van der Waals surface area contributed by atoms with Gasteiger partial charge in [-0.15, -0.1) is 0 Å². The van der Waals surface area contributed by atoms with Crippen LogP contribution in [0.4, 0.5) is 0 Å². The molecule has 1 aromatic rings. The molecule has 0 fully saturated rings. The van der Waals surface area contributed by atoms with Crippen molar-refractivity contribution in [3.05, 3.63) is 35.4 Å². The number of rotatable bonds is 14. The Labute approximate surface area is 174 Å². The lowest BCUT2D eigenvalue weighted by Gasteiger charge is -2.12. The fourth-order valence-electron chi connectivity index (χ4n) is 2.92. The first kappa shape index (κ1) is 24.5. The Hall–Kier alpha value is -2.57. The van der Waals surface area contributed by atoms with Gasteiger partial charge in [0.1, 0.15) is 0 Å². The molecule has 0 aliphatic rings. The van der Waals surface area contributed by atoms with Crippen molar-refractivity contribution in [2.45, 2.75) is 64.8 Å². The normalized spacial score (nSPS) is 11.2. The number of unbranched alkanes of at least 4 members (excludes halogenated alkanes) is 7. The van der Waals surface area contributed by atoms with E-state index in [2.05, 4.69) is 27.9 Å². The van der Waals surface area contributed by atoms with Crippen LogP contribution in [0, 0.1) is 0 Å². The van der Waals surface area contributed by atoms with E-state index in [9.17, 15) is 9.59 Å². The smallest absolute Gasteiger partial charge is 0.251 e. The molecular weight excluding hydrogens is 366 g/mol. The molecule has 0 atom stereocenters. The van der Waals surface area contributed by atoms with Gasteiger partial charge in [-0.1, -0.05) is 64.0 Å². The molecule has 0 saturated heterocycles. The number of hydrogen-bond acceptors (Lipinski definition) is 3. The summed E-state index contributed by atoms with van der Waals surface area (Å²) in [7, 11) is 1.76. The molecule has 2 amide bonds. The standard InChI is InChI=1S/C22H37N5O2/c1-3-4-5-6-7-8-9-10-15-25-22(24-2)27-16-18-11-13-19(14-12-18)21(29)26-17-20(23)28/h11-14H,3-10,15-17H2,1-2H3,(H2,23,28)(H,26,29)(H2,24,25,27). The number of nitrogens with one attached hydrogen (secondary N) is 3. The van der Waals surface area contributed by atoms with Crippen molar-refractivity contribution in [2.75, 3.05) is 20.1 Å². The van der Waals surface area contributed by atoms with Crippen molar-refractivity contribution >= 4 is 17.8 Å². The summed E-state index contributed by atoms with van der Waals surface area (Å²) >= 11 is 0. The van der Waals surface area contributed by atoms with Gasteiger partial charge in [0.2, 0.25) is 5.91 Å². The molecule has 0 unspecified atom stereocenters. The van der Waals surface area contributed by atoms with Gasteiger partial charge < -0.3 is 21.7 Å². The summed E-state index contributed by atoms with van der Waals surface area (Å²) < 4.78 is 0. The van der Waals surface area contributed by atoms with Gasteiger partial charge in [-0.2, -0.15) is 0 Å². The van der Waals surface area contributed by atoms with Crippen molar-refractivity contribution in [1.82, 2.24) is 16.0 Å². The van der Waals surface area contributed by atoms with Crippen LogP contribution in [-0.2, 0) is 11.3 Å². The minimum absolute atomic E-state index is 0.164. The molecule has 0 spiro atoms. The first-order valence-electron chi connectivity index (χ1n) is 10.7. The van der Waals surface area contributed by atoms with Crippen molar-refractivity contribution in [3.63, 3.8) is 0 Å². The third kappa shape index (κ3) is 11.8. The van der Waals surface area contributed by atoms with Gasteiger partial charge in [0.25, 0.3) is 5.91 Å². The Balaban J connectivity index is 2.22. The van der Waals surface area contributed by atoms with Crippen molar-refractivity contribution in [3.8, 4) is 0 Å². The SMILES string of the molecule is CCCCCCCCCCNC(=NC)NCc1ccc(C(=O)NCC(N)=O)cc1. The molecule has 0 radical (unpaired) electrons. The zero-order valence-electron chi connectivity index (χ0n) is 17.9. The molecule has 1 rings (SSSR count). The lowest BCUT2D eigenvalue weighted by Crippen LogP contribution is -2.37. The van der Waals surface area contributed by atoms with Gasteiger partial charge in [0.15, 0.2) is 5.96 Å². The third-order valence-corrected chi connectivity index (χ3v) is 4.65. The Morgan fingerprint density at radius 1 is 0.897 bits per heavy atom. The number of amides is 2.